The van der Waals surface area contributed by atoms with Gasteiger partial charge < -0.3 is 0 Å². The molecule has 0 radical (unpaired) electrons. The molecule has 0 aliphatic heterocycles. The standard InChI is InChI=1S/C12H9F7/c13-10(14)6-8(10)9(7-4-2-1-3-5-7)11(15,16)12(17,18)19/h1-5,8-9H,6H2. The van der Waals surface area contributed by atoms with Gasteiger partial charge in [0.1, 0.15) is 0 Å². The fraction of sp³-hybridized carbons (Fsp3) is 0.500. The molecule has 0 amide bonds. The van der Waals surface area contributed by atoms with E-state index < -0.39 is 41.8 Å². The number of hydrogen-bond acceptors (Lipinski definition) is 0. The van der Waals surface area contributed by atoms with Crippen LogP contribution >= 0.6 is 0 Å². The first-order valence-corrected chi connectivity index (χ1v) is 5.44. The van der Waals surface area contributed by atoms with Crippen LogP contribution in [-0.4, -0.2) is 18.0 Å². The van der Waals surface area contributed by atoms with E-state index in [0.717, 1.165) is 12.1 Å². The monoisotopic (exact) mass is 286 g/mol. The second-order valence-electron chi connectivity index (χ2n) is 4.58. The average molecular weight is 286 g/mol. The van der Waals surface area contributed by atoms with Crippen LogP contribution in [0.2, 0.25) is 0 Å². The Morgan fingerprint density at radius 1 is 1.00 bits per heavy atom. The third kappa shape index (κ3) is 2.42. The van der Waals surface area contributed by atoms with Crippen LogP contribution in [0.25, 0.3) is 0 Å². The summed E-state index contributed by atoms with van der Waals surface area (Å²) in [6.45, 7) is 0. The Labute approximate surface area is 104 Å². The molecule has 19 heavy (non-hydrogen) atoms. The summed E-state index contributed by atoms with van der Waals surface area (Å²) in [6.07, 6.45) is -6.80. The largest absolute Gasteiger partial charge is 0.453 e. The highest BCUT2D eigenvalue weighted by Gasteiger charge is 2.72. The molecule has 1 aliphatic rings. The maximum absolute atomic E-state index is 13.5. The molecule has 0 nitrogen and oxygen atoms in total. The highest BCUT2D eigenvalue weighted by Crippen LogP contribution is 2.62. The minimum atomic E-state index is -5.85. The third-order valence-electron chi connectivity index (χ3n) is 3.20. The van der Waals surface area contributed by atoms with Gasteiger partial charge in [-0.1, -0.05) is 30.3 Å². The molecule has 0 heterocycles. The van der Waals surface area contributed by atoms with Gasteiger partial charge in [0.15, 0.2) is 0 Å². The van der Waals surface area contributed by atoms with Gasteiger partial charge in [-0.05, 0) is 5.56 Å². The molecular formula is C12H9F7. The first kappa shape index (κ1) is 14.1. The lowest BCUT2D eigenvalue weighted by molar-refractivity contribution is -0.294. The van der Waals surface area contributed by atoms with Crippen molar-refractivity contribution in [3.8, 4) is 0 Å². The van der Waals surface area contributed by atoms with Crippen molar-refractivity contribution in [3.63, 3.8) is 0 Å². The van der Waals surface area contributed by atoms with E-state index in [1.165, 1.54) is 18.2 Å². The van der Waals surface area contributed by atoms with Gasteiger partial charge in [-0.15, -0.1) is 0 Å². The second-order valence-corrected chi connectivity index (χ2v) is 4.58. The smallest absolute Gasteiger partial charge is 0.207 e. The van der Waals surface area contributed by atoms with E-state index in [9.17, 15) is 30.7 Å². The molecule has 0 spiro atoms. The van der Waals surface area contributed by atoms with E-state index in [-0.39, 0.29) is 0 Å². The second kappa shape index (κ2) is 4.11. The van der Waals surface area contributed by atoms with Crippen LogP contribution in [0.4, 0.5) is 30.7 Å². The molecule has 0 bridgehead atoms. The average Bonchev–Trinajstić information content (AvgIpc) is 2.87. The summed E-state index contributed by atoms with van der Waals surface area (Å²) in [4.78, 5) is 0. The molecule has 0 N–H and O–H groups in total. The highest BCUT2D eigenvalue weighted by atomic mass is 19.4. The Morgan fingerprint density at radius 3 is 1.84 bits per heavy atom. The lowest BCUT2D eigenvalue weighted by atomic mass is 9.87. The van der Waals surface area contributed by atoms with Crippen LogP contribution in [0.3, 0.4) is 0 Å². The molecule has 0 saturated heterocycles. The molecule has 1 aromatic rings. The minimum absolute atomic E-state index is 0.424. The Hall–Kier alpha value is -1.27. The van der Waals surface area contributed by atoms with E-state index >= 15 is 0 Å². The lowest BCUT2D eigenvalue weighted by Crippen LogP contribution is -2.43. The van der Waals surface area contributed by atoms with Gasteiger partial charge in [0.25, 0.3) is 5.92 Å². The van der Waals surface area contributed by atoms with Crippen LogP contribution in [0.1, 0.15) is 17.9 Å². The molecule has 7 heteroatoms. The van der Waals surface area contributed by atoms with Crippen molar-refractivity contribution in [1.29, 1.82) is 0 Å². The zero-order valence-electron chi connectivity index (χ0n) is 9.39. The molecule has 1 saturated carbocycles. The molecule has 2 unspecified atom stereocenters. The summed E-state index contributed by atoms with van der Waals surface area (Å²) in [5, 5.41) is 0. The molecule has 1 aromatic carbocycles. The van der Waals surface area contributed by atoms with Crippen molar-refractivity contribution in [1.82, 2.24) is 0 Å². The maximum atomic E-state index is 13.5. The Morgan fingerprint density at radius 2 is 1.47 bits per heavy atom. The van der Waals surface area contributed by atoms with Crippen LogP contribution in [-0.2, 0) is 0 Å². The van der Waals surface area contributed by atoms with Gasteiger partial charge in [-0.2, -0.15) is 22.0 Å². The van der Waals surface area contributed by atoms with Gasteiger partial charge in [-0.25, -0.2) is 8.78 Å². The summed E-state index contributed by atoms with van der Waals surface area (Å²) in [6, 6.07) is 5.93. The first-order valence-electron chi connectivity index (χ1n) is 5.44. The molecule has 0 aromatic heterocycles. The van der Waals surface area contributed by atoms with Gasteiger partial charge in [-0.3, -0.25) is 0 Å². The van der Waals surface area contributed by atoms with Gasteiger partial charge in [0.2, 0.25) is 0 Å². The number of rotatable bonds is 3. The maximum Gasteiger partial charge on any atom is 0.453 e. The minimum Gasteiger partial charge on any atom is -0.207 e. The number of halogens is 7. The summed E-state index contributed by atoms with van der Waals surface area (Å²) < 4.78 is 90.1. The number of benzene rings is 1. The fourth-order valence-electron chi connectivity index (χ4n) is 2.13. The third-order valence-corrected chi connectivity index (χ3v) is 3.20. The topological polar surface area (TPSA) is 0 Å². The van der Waals surface area contributed by atoms with E-state index in [2.05, 4.69) is 0 Å². The van der Waals surface area contributed by atoms with Crippen LogP contribution < -0.4 is 0 Å². The quantitative estimate of drug-likeness (QED) is 0.711. The highest BCUT2D eigenvalue weighted by molar-refractivity contribution is 5.27. The molecule has 106 valence electrons. The molecular weight excluding hydrogens is 277 g/mol. The van der Waals surface area contributed by atoms with Crippen molar-refractivity contribution in [2.24, 2.45) is 5.92 Å². The molecule has 2 rings (SSSR count). The fourth-order valence-corrected chi connectivity index (χ4v) is 2.13. The van der Waals surface area contributed by atoms with Crippen molar-refractivity contribution >= 4 is 0 Å². The normalized spacial score (nSPS) is 24.1. The van der Waals surface area contributed by atoms with Crippen molar-refractivity contribution < 1.29 is 30.7 Å². The molecule has 1 aliphatic carbocycles. The zero-order chi connectivity index (χ0) is 14.5. The van der Waals surface area contributed by atoms with Gasteiger partial charge >= 0.3 is 12.1 Å². The van der Waals surface area contributed by atoms with E-state index in [1.807, 2.05) is 0 Å². The predicted octanol–water partition coefficient (Wildman–Crippen LogP) is 4.62. The van der Waals surface area contributed by atoms with Crippen LogP contribution in [0, 0.1) is 5.92 Å². The summed E-state index contributed by atoms with van der Waals surface area (Å²) in [7, 11) is 0. The van der Waals surface area contributed by atoms with E-state index in [1.54, 1.807) is 0 Å². The van der Waals surface area contributed by atoms with Crippen LogP contribution in [0.5, 0.6) is 0 Å². The first-order chi connectivity index (χ1) is 8.57. The number of hydrogen-bond donors (Lipinski definition) is 0. The SMILES string of the molecule is FC1(F)CC1C(c1ccccc1)C(F)(F)C(F)(F)F. The van der Waals surface area contributed by atoms with Gasteiger partial charge in [0.05, 0.1) is 5.92 Å². The van der Waals surface area contributed by atoms with Crippen molar-refractivity contribution in [2.45, 2.75) is 30.4 Å². The Kier molecular flexibility index (Phi) is 3.06. The lowest BCUT2D eigenvalue weighted by Gasteiger charge is -2.29. The van der Waals surface area contributed by atoms with Gasteiger partial charge in [0, 0.05) is 12.3 Å². The molecule has 2 atom stereocenters. The van der Waals surface area contributed by atoms with E-state index in [4.69, 9.17) is 0 Å². The Bertz CT molecular complexity index is 449. The summed E-state index contributed by atoms with van der Waals surface area (Å²) in [5.74, 6) is -13.2. The number of alkyl halides is 7. The zero-order valence-corrected chi connectivity index (χ0v) is 9.39. The van der Waals surface area contributed by atoms with E-state index in [0.29, 0.717) is 0 Å². The summed E-state index contributed by atoms with van der Waals surface area (Å²) >= 11 is 0. The van der Waals surface area contributed by atoms with Crippen molar-refractivity contribution in [2.75, 3.05) is 0 Å². The summed E-state index contributed by atoms with van der Waals surface area (Å²) in [5.41, 5.74) is -0.424. The van der Waals surface area contributed by atoms with Crippen LogP contribution in [0.15, 0.2) is 30.3 Å². The Balaban J connectivity index is 2.42. The predicted molar refractivity (Wildman–Crippen MR) is 53.2 cm³/mol. The molecule has 1 fully saturated rings. The van der Waals surface area contributed by atoms with Crippen molar-refractivity contribution in [3.05, 3.63) is 35.9 Å².